The topological polar surface area (TPSA) is 99.0 Å². The van der Waals surface area contributed by atoms with E-state index in [0.29, 0.717) is 16.7 Å². The number of hydrogen-bond acceptors (Lipinski definition) is 8. The number of nitro benzene ring substituents is 1. The first-order chi connectivity index (χ1) is 14.1. The van der Waals surface area contributed by atoms with Gasteiger partial charge in [0.15, 0.2) is 5.75 Å². The molecule has 0 heterocycles. The Morgan fingerprint density at radius 3 is 2.47 bits per heavy atom. The highest BCUT2D eigenvalue weighted by Gasteiger charge is 2.20. The number of anilines is 1. The minimum absolute atomic E-state index is 0.0518. The maximum Gasteiger partial charge on any atom is 0.273 e. The van der Waals surface area contributed by atoms with Crippen molar-refractivity contribution in [1.29, 1.82) is 0 Å². The Balaban J connectivity index is 2.21. The van der Waals surface area contributed by atoms with Crippen molar-refractivity contribution in [3.05, 3.63) is 52.6 Å². The smallest absolute Gasteiger partial charge is 0.273 e. The van der Waals surface area contributed by atoms with Crippen LogP contribution < -0.4 is 9.04 Å². The number of hydrogen-bond donors (Lipinski definition) is 0. The molecule has 0 unspecified atom stereocenters. The number of ether oxygens (including phenoxy) is 2. The number of sulfonamides is 1. The maximum absolute atomic E-state index is 11.9. The number of nitro groups is 1. The van der Waals surface area contributed by atoms with Gasteiger partial charge in [0.05, 0.1) is 29.5 Å². The second-order valence-electron chi connectivity index (χ2n) is 6.27. The average molecular weight is 471 g/mol. The van der Waals surface area contributed by atoms with Crippen LogP contribution >= 0.6 is 24.0 Å². The Bertz CT molecular complexity index is 1010. The predicted octanol–water partition coefficient (Wildman–Crippen LogP) is 4.98. The first-order valence-electron chi connectivity index (χ1n) is 8.96. The highest BCUT2D eigenvalue weighted by molar-refractivity contribution is 8.22. The van der Waals surface area contributed by atoms with E-state index < -0.39 is 14.9 Å². The standard InChI is InChI=1S/C19H22N2O6S3/c1-4-5-12-26-19(28)29-16-9-7-15(8-10-16)27-18-13-14(21(22)23)6-11-17(18)20(2)30(3,24)25/h6-11,13H,4-5,12H2,1-3H3. The zero-order valence-corrected chi connectivity index (χ0v) is 19.2. The first kappa shape index (κ1) is 23.9. The molecule has 0 bridgehead atoms. The van der Waals surface area contributed by atoms with Gasteiger partial charge in [-0.2, -0.15) is 0 Å². The summed E-state index contributed by atoms with van der Waals surface area (Å²) >= 11 is 6.49. The summed E-state index contributed by atoms with van der Waals surface area (Å²) < 4.78 is 36.5. The lowest BCUT2D eigenvalue weighted by Crippen LogP contribution is -2.25. The molecule has 0 spiro atoms. The zero-order valence-electron chi connectivity index (χ0n) is 16.7. The Hall–Kier alpha value is -2.37. The molecule has 2 rings (SSSR count). The van der Waals surface area contributed by atoms with E-state index in [1.807, 2.05) is 0 Å². The molecule has 8 nitrogen and oxygen atoms in total. The van der Waals surface area contributed by atoms with E-state index in [9.17, 15) is 18.5 Å². The number of thiocarbonyl (C=S) groups is 1. The summed E-state index contributed by atoms with van der Waals surface area (Å²) in [5.74, 6) is 0.441. The van der Waals surface area contributed by atoms with Crippen molar-refractivity contribution in [2.45, 2.75) is 24.7 Å². The van der Waals surface area contributed by atoms with Crippen LogP contribution in [0.3, 0.4) is 0 Å². The molecular weight excluding hydrogens is 448 g/mol. The first-order valence-corrected chi connectivity index (χ1v) is 12.0. The van der Waals surface area contributed by atoms with E-state index in [-0.39, 0.29) is 17.1 Å². The summed E-state index contributed by atoms with van der Waals surface area (Å²) in [4.78, 5) is 11.4. The molecule has 0 fully saturated rings. The highest BCUT2D eigenvalue weighted by atomic mass is 32.2. The largest absolute Gasteiger partial charge is 0.478 e. The van der Waals surface area contributed by atoms with Gasteiger partial charge in [0.2, 0.25) is 14.4 Å². The molecule has 0 amide bonds. The van der Waals surface area contributed by atoms with Gasteiger partial charge in [-0.15, -0.1) is 0 Å². The second-order valence-corrected chi connectivity index (χ2v) is 9.96. The Labute approximate surface area is 185 Å². The molecule has 30 heavy (non-hydrogen) atoms. The van der Waals surface area contributed by atoms with Gasteiger partial charge in [-0.05, 0) is 60.7 Å². The Morgan fingerprint density at radius 2 is 1.90 bits per heavy atom. The van der Waals surface area contributed by atoms with Crippen LogP contribution in [0.15, 0.2) is 47.4 Å². The van der Waals surface area contributed by atoms with Gasteiger partial charge < -0.3 is 9.47 Å². The van der Waals surface area contributed by atoms with E-state index in [1.165, 1.54) is 37.0 Å². The second kappa shape index (κ2) is 10.6. The minimum Gasteiger partial charge on any atom is -0.478 e. The predicted molar refractivity (Wildman–Crippen MR) is 122 cm³/mol. The number of non-ortho nitro benzene ring substituents is 1. The van der Waals surface area contributed by atoms with Crippen LogP contribution in [0.5, 0.6) is 11.5 Å². The normalized spacial score (nSPS) is 11.0. The molecule has 0 radical (unpaired) electrons. The van der Waals surface area contributed by atoms with Crippen LogP contribution in [0.4, 0.5) is 11.4 Å². The monoisotopic (exact) mass is 470 g/mol. The molecule has 0 aliphatic rings. The third-order valence-electron chi connectivity index (χ3n) is 3.96. The molecule has 11 heteroatoms. The SMILES string of the molecule is CCCCOC(=S)Sc1ccc(Oc2cc([N+](=O)[O-])ccc2N(C)S(C)(=O)=O)cc1. The van der Waals surface area contributed by atoms with E-state index in [2.05, 4.69) is 6.92 Å². The summed E-state index contributed by atoms with van der Waals surface area (Å²) in [7, 11) is -2.23. The fraction of sp³-hybridized carbons (Fsp3) is 0.316. The van der Waals surface area contributed by atoms with Crippen LogP contribution in [0, 0.1) is 10.1 Å². The summed E-state index contributed by atoms with van der Waals surface area (Å²) in [5, 5.41) is 11.1. The van der Waals surface area contributed by atoms with Gasteiger partial charge in [-0.3, -0.25) is 14.4 Å². The lowest BCUT2D eigenvalue weighted by Gasteiger charge is -2.20. The summed E-state index contributed by atoms with van der Waals surface area (Å²) in [6, 6.07) is 10.6. The Morgan fingerprint density at radius 1 is 1.23 bits per heavy atom. The number of benzene rings is 2. The van der Waals surface area contributed by atoms with Crippen molar-refractivity contribution in [3.63, 3.8) is 0 Å². The van der Waals surface area contributed by atoms with Crippen molar-refractivity contribution >= 4 is 49.8 Å². The van der Waals surface area contributed by atoms with Gasteiger partial charge in [-0.1, -0.05) is 13.3 Å². The Kier molecular flexibility index (Phi) is 8.44. The molecular formula is C19H22N2O6S3. The lowest BCUT2D eigenvalue weighted by molar-refractivity contribution is -0.384. The van der Waals surface area contributed by atoms with Crippen molar-refractivity contribution in [2.75, 3.05) is 24.2 Å². The maximum atomic E-state index is 11.9. The van der Waals surface area contributed by atoms with Gasteiger partial charge in [0.1, 0.15) is 5.75 Å². The van der Waals surface area contributed by atoms with Crippen LogP contribution in [-0.2, 0) is 14.8 Å². The third-order valence-corrected chi connectivity index (χ3v) is 6.31. The molecule has 2 aromatic rings. The summed E-state index contributed by atoms with van der Waals surface area (Å²) in [6.45, 7) is 2.64. The van der Waals surface area contributed by atoms with Crippen LogP contribution in [-0.4, -0.2) is 37.6 Å². The van der Waals surface area contributed by atoms with Crippen molar-refractivity contribution in [2.24, 2.45) is 0 Å². The molecule has 0 aliphatic heterocycles. The number of nitrogens with zero attached hydrogens (tertiary/aromatic N) is 2. The van der Waals surface area contributed by atoms with Crippen molar-refractivity contribution in [3.8, 4) is 11.5 Å². The van der Waals surface area contributed by atoms with E-state index >= 15 is 0 Å². The number of rotatable bonds is 9. The lowest BCUT2D eigenvalue weighted by atomic mass is 10.2. The zero-order chi connectivity index (χ0) is 22.3. The fourth-order valence-electron chi connectivity index (χ4n) is 2.27. The van der Waals surface area contributed by atoms with Crippen LogP contribution in [0.1, 0.15) is 19.8 Å². The van der Waals surface area contributed by atoms with E-state index in [0.717, 1.165) is 28.3 Å². The van der Waals surface area contributed by atoms with Crippen molar-refractivity contribution < 1.29 is 22.8 Å². The molecule has 2 aromatic carbocycles. The van der Waals surface area contributed by atoms with E-state index in [4.69, 9.17) is 21.7 Å². The summed E-state index contributed by atoms with van der Waals surface area (Å²) in [5.41, 5.74) is -0.0237. The van der Waals surface area contributed by atoms with Gasteiger partial charge >= 0.3 is 0 Å². The molecule has 0 saturated carbocycles. The summed E-state index contributed by atoms with van der Waals surface area (Å²) in [6.07, 6.45) is 2.99. The molecule has 162 valence electrons. The molecule has 0 aliphatic carbocycles. The number of thioether (sulfide) groups is 1. The van der Waals surface area contributed by atoms with Gasteiger partial charge in [0, 0.05) is 18.0 Å². The number of unbranched alkanes of at least 4 members (excludes halogenated alkanes) is 1. The molecule has 0 N–H and O–H groups in total. The molecule has 0 aromatic heterocycles. The third kappa shape index (κ3) is 6.85. The van der Waals surface area contributed by atoms with Crippen LogP contribution in [0.25, 0.3) is 0 Å². The van der Waals surface area contributed by atoms with Gasteiger partial charge in [0.25, 0.3) is 5.69 Å². The molecule has 0 atom stereocenters. The average Bonchev–Trinajstić information content (AvgIpc) is 2.68. The van der Waals surface area contributed by atoms with Crippen LogP contribution in [0.2, 0.25) is 0 Å². The highest BCUT2D eigenvalue weighted by Crippen LogP contribution is 2.36. The van der Waals surface area contributed by atoms with Gasteiger partial charge in [-0.25, -0.2) is 8.42 Å². The van der Waals surface area contributed by atoms with E-state index in [1.54, 1.807) is 24.3 Å². The fourth-order valence-corrected chi connectivity index (χ4v) is 3.75. The minimum atomic E-state index is -3.58. The molecule has 0 saturated heterocycles. The van der Waals surface area contributed by atoms with Crippen molar-refractivity contribution in [1.82, 2.24) is 0 Å². The quantitative estimate of drug-likeness (QED) is 0.166.